The molecule has 1 aliphatic rings. The van der Waals surface area contributed by atoms with E-state index in [1.54, 1.807) is 18.2 Å². The van der Waals surface area contributed by atoms with Crippen molar-refractivity contribution in [2.24, 2.45) is 5.10 Å². The van der Waals surface area contributed by atoms with E-state index in [-0.39, 0.29) is 19.2 Å². The minimum Gasteiger partial charge on any atom is -0.494 e. The van der Waals surface area contributed by atoms with Gasteiger partial charge in [-0.25, -0.2) is 5.43 Å². The highest BCUT2D eigenvalue weighted by Crippen LogP contribution is 2.32. The zero-order chi connectivity index (χ0) is 19.8. The number of benzene rings is 2. The summed E-state index contributed by atoms with van der Waals surface area (Å²) < 4.78 is 15.9. The van der Waals surface area contributed by atoms with Gasteiger partial charge in [0.05, 0.1) is 19.4 Å². The number of hydrazone groups is 1. The molecule has 2 aromatic carbocycles. The third-order valence-electron chi connectivity index (χ3n) is 3.80. The predicted molar refractivity (Wildman–Crippen MR) is 103 cm³/mol. The Kier molecular flexibility index (Phi) is 6.46. The number of carbonyl (C=O) groups excluding carboxylic acids is 2. The Hall–Kier alpha value is -3.55. The van der Waals surface area contributed by atoms with Crippen molar-refractivity contribution in [2.75, 3.05) is 19.9 Å². The van der Waals surface area contributed by atoms with Gasteiger partial charge >= 0.3 is 0 Å². The molecule has 2 N–H and O–H groups in total. The number of carbonyl (C=O) groups is 2. The summed E-state index contributed by atoms with van der Waals surface area (Å²) in [5.41, 5.74) is 3.56. The van der Waals surface area contributed by atoms with Crippen molar-refractivity contribution in [3.05, 3.63) is 53.6 Å². The van der Waals surface area contributed by atoms with Gasteiger partial charge in [0.2, 0.25) is 6.79 Å². The second-order valence-electron chi connectivity index (χ2n) is 5.96. The van der Waals surface area contributed by atoms with Gasteiger partial charge in [-0.2, -0.15) is 5.10 Å². The van der Waals surface area contributed by atoms with E-state index in [1.807, 2.05) is 31.2 Å². The number of hydrogen-bond donors (Lipinski definition) is 2. The summed E-state index contributed by atoms with van der Waals surface area (Å²) in [6, 6.07) is 12.2. The van der Waals surface area contributed by atoms with Crippen molar-refractivity contribution in [1.29, 1.82) is 0 Å². The quantitative estimate of drug-likeness (QED) is 0.537. The van der Waals surface area contributed by atoms with Crippen LogP contribution in [0.1, 0.15) is 29.3 Å². The van der Waals surface area contributed by atoms with Gasteiger partial charge in [-0.3, -0.25) is 9.59 Å². The van der Waals surface area contributed by atoms with Gasteiger partial charge in [-0.05, 0) is 54.4 Å². The summed E-state index contributed by atoms with van der Waals surface area (Å²) >= 11 is 0. The third-order valence-corrected chi connectivity index (χ3v) is 3.80. The minimum absolute atomic E-state index is 0.134. The highest BCUT2D eigenvalue weighted by atomic mass is 16.7. The smallest absolute Gasteiger partial charge is 0.259 e. The normalized spacial score (nSPS) is 12.0. The standard InChI is InChI=1S/C20H21N3O5/c1-2-9-26-16-6-3-14(4-7-16)11-22-23-19(24)12-21-20(25)15-5-8-17-18(10-15)28-13-27-17/h3-8,10-11H,2,9,12-13H2,1H3,(H,21,25)(H,23,24). The third kappa shape index (κ3) is 5.23. The molecule has 0 aliphatic carbocycles. The molecular weight excluding hydrogens is 362 g/mol. The van der Waals surface area contributed by atoms with E-state index in [2.05, 4.69) is 15.8 Å². The van der Waals surface area contributed by atoms with Crippen LogP contribution in [0.5, 0.6) is 17.2 Å². The lowest BCUT2D eigenvalue weighted by Crippen LogP contribution is -2.34. The van der Waals surface area contributed by atoms with Gasteiger partial charge in [0.1, 0.15) is 5.75 Å². The maximum absolute atomic E-state index is 12.1. The molecule has 1 heterocycles. The van der Waals surface area contributed by atoms with E-state index < -0.39 is 5.91 Å². The molecule has 3 rings (SSSR count). The lowest BCUT2D eigenvalue weighted by Gasteiger charge is -2.05. The van der Waals surface area contributed by atoms with Crippen molar-refractivity contribution < 1.29 is 23.8 Å². The maximum Gasteiger partial charge on any atom is 0.259 e. The first-order valence-corrected chi connectivity index (χ1v) is 8.88. The van der Waals surface area contributed by atoms with Crippen LogP contribution in [-0.2, 0) is 4.79 Å². The molecule has 0 bridgehead atoms. The Labute approximate surface area is 162 Å². The number of amides is 2. The van der Waals surface area contributed by atoms with Crippen LogP contribution in [0.4, 0.5) is 0 Å². The Balaban J connectivity index is 1.42. The van der Waals surface area contributed by atoms with Crippen LogP contribution >= 0.6 is 0 Å². The van der Waals surface area contributed by atoms with Gasteiger partial charge in [-0.1, -0.05) is 6.92 Å². The minimum atomic E-state index is -0.437. The second-order valence-corrected chi connectivity index (χ2v) is 5.96. The second kappa shape index (κ2) is 9.40. The molecule has 8 nitrogen and oxygen atoms in total. The Morgan fingerprint density at radius 3 is 2.71 bits per heavy atom. The summed E-state index contributed by atoms with van der Waals surface area (Å²) in [5.74, 6) is 1.06. The Morgan fingerprint density at radius 2 is 1.93 bits per heavy atom. The van der Waals surface area contributed by atoms with E-state index in [9.17, 15) is 9.59 Å². The van der Waals surface area contributed by atoms with Gasteiger partial charge in [-0.15, -0.1) is 0 Å². The van der Waals surface area contributed by atoms with Crippen LogP contribution < -0.4 is 25.0 Å². The first-order valence-electron chi connectivity index (χ1n) is 8.88. The van der Waals surface area contributed by atoms with E-state index >= 15 is 0 Å². The number of fused-ring (bicyclic) bond motifs is 1. The summed E-state index contributed by atoms with van der Waals surface area (Å²) in [6.07, 6.45) is 2.46. The molecule has 0 unspecified atom stereocenters. The average Bonchev–Trinajstić information content (AvgIpc) is 3.19. The van der Waals surface area contributed by atoms with Gasteiger partial charge < -0.3 is 19.5 Å². The molecule has 28 heavy (non-hydrogen) atoms. The van der Waals surface area contributed by atoms with Crippen molar-refractivity contribution >= 4 is 18.0 Å². The van der Waals surface area contributed by atoms with Crippen molar-refractivity contribution in [3.63, 3.8) is 0 Å². The first-order chi connectivity index (χ1) is 13.7. The molecule has 1 aliphatic heterocycles. The lowest BCUT2D eigenvalue weighted by molar-refractivity contribution is -0.120. The molecule has 146 valence electrons. The fraction of sp³-hybridized carbons (Fsp3) is 0.250. The Morgan fingerprint density at radius 1 is 1.14 bits per heavy atom. The lowest BCUT2D eigenvalue weighted by atomic mass is 10.2. The zero-order valence-corrected chi connectivity index (χ0v) is 15.4. The molecule has 0 spiro atoms. The predicted octanol–water partition coefficient (Wildman–Crippen LogP) is 2.08. The number of hydrogen-bond acceptors (Lipinski definition) is 6. The highest BCUT2D eigenvalue weighted by Gasteiger charge is 2.16. The van der Waals surface area contributed by atoms with E-state index in [0.717, 1.165) is 17.7 Å². The fourth-order valence-corrected chi connectivity index (χ4v) is 2.39. The van der Waals surface area contributed by atoms with Crippen LogP contribution in [-0.4, -0.2) is 38.0 Å². The summed E-state index contributed by atoms with van der Waals surface area (Å²) in [7, 11) is 0. The topological polar surface area (TPSA) is 98.2 Å². The van der Waals surface area contributed by atoms with E-state index in [4.69, 9.17) is 14.2 Å². The number of rotatable bonds is 8. The molecule has 2 aromatic rings. The van der Waals surface area contributed by atoms with Crippen molar-refractivity contribution in [1.82, 2.24) is 10.7 Å². The maximum atomic E-state index is 12.1. The largest absolute Gasteiger partial charge is 0.494 e. The van der Waals surface area contributed by atoms with Crippen LogP contribution in [0.15, 0.2) is 47.6 Å². The first kappa shape index (κ1) is 19.2. The fourth-order valence-electron chi connectivity index (χ4n) is 2.39. The average molecular weight is 383 g/mol. The van der Waals surface area contributed by atoms with E-state index in [1.165, 1.54) is 6.21 Å². The SMILES string of the molecule is CCCOc1ccc(C=NNC(=O)CNC(=O)c2ccc3c(c2)OCO3)cc1. The highest BCUT2D eigenvalue weighted by molar-refractivity contribution is 5.97. The number of nitrogens with zero attached hydrogens (tertiary/aromatic N) is 1. The number of nitrogens with one attached hydrogen (secondary N) is 2. The molecule has 0 aromatic heterocycles. The molecule has 0 radical (unpaired) electrons. The van der Waals surface area contributed by atoms with Gasteiger partial charge in [0.15, 0.2) is 11.5 Å². The number of ether oxygens (including phenoxy) is 3. The van der Waals surface area contributed by atoms with Crippen molar-refractivity contribution in [3.8, 4) is 17.2 Å². The zero-order valence-electron chi connectivity index (χ0n) is 15.4. The van der Waals surface area contributed by atoms with Crippen LogP contribution in [0, 0.1) is 0 Å². The molecule has 2 amide bonds. The van der Waals surface area contributed by atoms with Gasteiger partial charge in [0, 0.05) is 5.56 Å². The van der Waals surface area contributed by atoms with Crippen LogP contribution in [0.2, 0.25) is 0 Å². The molecule has 0 saturated carbocycles. The summed E-state index contributed by atoms with van der Waals surface area (Å²) in [5, 5.41) is 6.41. The molecular formula is C20H21N3O5. The van der Waals surface area contributed by atoms with Crippen LogP contribution in [0.3, 0.4) is 0 Å². The molecule has 8 heteroatoms. The van der Waals surface area contributed by atoms with Gasteiger partial charge in [0.25, 0.3) is 11.8 Å². The summed E-state index contributed by atoms with van der Waals surface area (Å²) in [6.45, 7) is 2.65. The summed E-state index contributed by atoms with van der Waals surface area (Å²) in [4.78, 5) is 23.9. The van der Waals surface area contributed by atoms with Crippen LogP contribution in [0.25, 0.3) is 0 Å². The molecule has 0 atom stereocenters. The van der Waals surface area contributed by atoms with Crippen molar-refractivity contribution in [2.45, 2.75) is 13.3 Å². The monoisotopic (exact) mass is 383 g/mol. The Bertz CT molecular complexity index is 865. The molecule has 0 saturated heterocycles. The van der Waals surface area contributed by atoms with E-state index in [0.29, 0.717) is 23.7 Å². The molecule has 0 fully saturated rings.